The third kappa shape index (κ3) is 4.43. The first-order valence-corrected chi connectivity index (χ1v) is 7.73. The van der Waals surface area contributed by atoms with Crippen LogP contribution in [0.3, 0.4) is 0 Å². The highest BCUT2D eigenvalue weighted by atomic mass is 16.5. The predicted octanol–water partition coefficient (Wildman–Crippen LogP) is 3.38. The maximum atomic E-state index is 12.2. The molecule has 3 heteroatoms. The maximum Gasteiger partial charge on any atom is 0.326 e. The Morgan fingerprint density at radius 3 is 2.67 bits per heavy atom. The summed E-state index contributed by atoms with van der Waals surface area (Å²) in [4.78, 5) is 12.2. The Hall–Kier alpha value is -1.61. The number of hydrogen-bond donors (Lipinski definition) is 1. The van der Waals surface area contributed by atoms with E-state index >= 15 is 0 Å². The summed E-state index contributed by atoms with van der Waals surface area (Å²) >= 11 is 0. The first-order chi connectivity index (χ1) is 10.1. The van der Waals surface area contributed by atoms with Crippen LogP contribution < -0.4 is 5.73 Å². The van der Waals surface area contributed by atoms with Crippen LogP contribution in [-0.4, -0.2) is 18.6 Å². The van der Waals surface area contributed by atoms with E-state index in [1.165, 1.54) is 31.1 Å². The van der Waals surface area contributed by atoms with Crippen LogP contribution in [0.25, 0.3) is 0 Å². The fourth-order valence-corrected chi connectivity index (χ4v) is 2.95. The van der Waals surface area contributed by atoms with Gasteiger partial charge in [0.05, 0.1) is 7.11 Å². The van der Waals surface area contributed by atoms with Gasteiger partial charge in [-0.05, 0) is 50.5 Å². The lowest BCUT2D eigenvalue weighted by atomic mass is 9.82. The van der Waals surface area contributed by atoms with E-state index in [-0.39, 0.29) is 5.97 Å². The van der Waals surface area contributed by atoms with Gasteiger partial charge in [0.2, 0.25) is 0 Å². The molecule has 0 heterocycles. The van der Waals surface area contributed by atoms with Crippen LogP contribution in [0.15, 0.2) is 42.0 Å². The highest BCUT2D eigenvalue weighted by Gasteiger charge is 2.35. The lowest BCUT2D eigenvalue weighted by molar-refractivity contribution is -0.147. The van der Waals surface area contributed by atoms with Crippen molar-refractivity contribution in [1.29, 1.82) is 0 Å². The van der Waals surface area contributed by atoms with E-state index in [0.29, 0.717) is 12.8 Å². The summed E-state index contributed by atoms with van der Waals surface area (Å²) in [6, 6.07) is 10.1. The number of allylic oxidation sites excluding steroid dienone is 1. The minimum Gasteiger partial charge on any atom is -0.468 e. The molecule has 0 fully saturated rings. The molecule has 114 valence electrons. The zero-order chi connectivity index (χ0) is 15.1. The van der Waals surface area contributed by atoms with Crippen LogP contribution in [0, 0.1) is 0 Å². The van der Waals surface area contributed by atoms with Crippen molar-refractivity contribution < 1.29 is 9.53 Å². The number of carbonyl (C=O) groups is 1. The second-order valence-corrected chi connectivity index (χ2v) is 5.92. The van der Waals surface area contributed by atoms with Crippen molar-refractivity contribution in [2.75, 3.05) is 7.11 Å². The molecule has 0 saturated carbocycles. The van der Waals surface area contributed by atoms with Crippen molar-refractivity contribution in [3.05, 3.63) is 47.5 Å². The van der Waals surface area contributed by atoms with Gasteiger partial charge in [0, 0.05) is 0 Å². The van der Waals surface area contributed by atoms with Crippen LogP contribution in [0.2, 0.25) is 0 Å². The fraction of sp³-hybridized carbons (Fsp3) is 0.500. The Kier molecular flexibility index (Phi) is 5.57. The van der Waals surface area contributed by atoms with Gasteiger partial charge in [-0.3, -0.25) is 4.79 Å². The molecular weight excluding hydrogens is 262 g/mol. The molecule has 0 radical (unpaired) electrons. The standard InChI is InChI=1S/C18H25NO2/c1-21-17(20)18(19,14-16-10-6-3-7-11-16)13-12-15-8-4-2-5-9-15/h2,4-5,8-10H,3,6-7,11-14,19H2,1H3. The fourth-order valence-electron chi connectivity index (χ4n) is 2.95. The molecule has 0 spiro atoms. The molecule has 1 atom stereocenters. The molecule has 21 heavy (non-hydrogen) atoms. The van der Waals surface area contributed by atoms with Crippen molar-refractivity contribution in [3.8, 4) is 0 Å². The van der Waals surface area contributed by atoms with Gasteiger partial charge in [0.1, 0.15) is 5.54 Å². The number of methoxy groups -OCH3 is 1. The Labute approximate surface area is 127 Å². The molecule has 3 nitrogen and oxygen atoms in total. The molecule has 0 bridgehead atoms. The quantitative estimate of drug-likeness (QED) is 0.644. The van der Waals surface area contributed by atoms with Crippen LogP contribution in [0.5, 0.6) is 0 Å². The number of aryl methyl sites for hydroxylation is 1. The summed E-state index contributed by atoms with van der Waals surface area (Å²) in [5.41, 5.74) is 8.02. The molecule has 2 N–H and O–H groups in total. The number of benzene rings is 1. The van der Waals surface area contributed by atoms with Crippen LogP contribution in [0.4, 0.5) is 0 Å². The van der Waals surface area contributed by atoms with Crippen molar-refractivity contribution >= 4 is 5.97 Å². The summed E-state index contributed by atoms with van der Waals surface area (Å²) < 4.78 is 4.95. The second-order valence-electron chi connectivity index (χ2n) is 5.92. The van der Waals surface area contributed by atoms with Gasteiger partial charge < -0.3 is 10.5 Å². The molecule has 0 saturated heterocycles. The summed E-state index contributed by atoms with van der Waals surface area (Å²) in [6.45, 7) is 0. The van der Waals surface area contributed by atoms with Crippen LogP contribution in [-0.2, 0) is 16.0 Å². The van der Waals surface area contributed by atoms with E-state index in [2.05, 4.69) is 18.2 Å². The monoisotopic (exact) mass is 287 g/mol. The zero-order valence-electron chi connectivity index (χ0n) is 12.8. The Morgan fingerprint density at radius 2 is 2.05 bits per heavy atom. The molecule has 1 aliphatic rings. The van der Waals surface area contributed by atoms with E-state index < -0.39 is 5.54 Å². The smallest absolute Gasteiger partial charge is 0.326 e. The number of ether oxygens (including phenoxy) is 1. The van der Waals surface area contributed by atoms with Gasteiger partial charge in [-0.2, -0.15) is 0 Å². The van der Waals surface area contributed by atoms with Gasteiger partial charge in [0.25, 0.3) is 0 Å². The van der Waals surface area contributed by atoms with E-state index in [0.717, 1.165) is 19.3 Å². The molecule has 1 aromatic rings. The highest BCUT2D eigenvalue weighted by Crippen LogP contribution is 2.28. The highest BCUT2D eigenvalue weighted by molar-refractivity contribution is 5.81. The average Bonchev–Trinajstić information content (AvgIpc) is 2.54. The Balaban J connectivity index is 2.05. The minimum atomic E-state index is -0.909. The predicted molar refractivity (Wildman–Crippen MR) is 84.9 cm³/mol. The van der Waals surface area contributed by atoms with Crippen molar-refractivity contribution in [2.24, 2.45) is 5.73 Å². The molecule has 1 aromatic carbocycles. The molecule has 1 unspecified atom stereocenters. The van der Waals surface area contributed by atoms with Crippen LogP contribution >= 0.6 is 0 Å². The number of nitrogens with two attached hydrogens (primary N) is 1. The summed E-state index contributed by atoms with van der Waals surface area (Å²) in [7, 11) is 1.42. The molecule has 1 aliphatic carbocycles. The van der Waals surface area contributed by atoms with Crippen molar-refractivity contribution in [2.45, 2.75) is 50.5 Å². The van der Waals surface area contributed by atoms with Crippen molar-refractivity contribution in [1.82, 2.24) is 0 Å². The molecule has 0 amide bonds. The van der Waals surface area contributed by atoms with Gasteiger partial charge in [0.15, 0.2) is 0 Å². The van der Waals surface area contributed by atoms with E-state index in [1.807, 2.05) is 18.2 Å². The van der Waals surface area contributed by atoms with E-state index in [4.69, 9.17) is 10.5 Å². The van der Waals surface area contributed by atoms with Crippen molar-refractivity contribution in [3.63, 3.8) is 0 Å². The average molecular weight is 287 g/mol. The van der Waals surface area contributed by atoms with E-state index in [9.17, 15) is 4.79 Å². The zero-order valence-corrected chi connectivity index (χ0v) is 12.8. The summed E-state index contributed by atoms with van der Waals surface area (Å²) in [6.07, 6.45) is 8.86. The summed E-state index contributed by atoms with van der Waals surface area (Å²) in [5.74, 6) is -0.301. The van der Waals surface area contributed by atoms with Gasteiger partial charge >= 0.3 is 5.97 Å². The third-order valence-corrected chi connectivity index (χ3v) is 4.22. The normalized spacial score (nSPS) is 17.7. The number of rotatable bonds is 6. The molecule has 0 aliphatic heterocycles. The largest absolute Gasteiger partial charge is 0.468 e. The third-order valence-electron chi connectivity index (χ3n) is 4.22. The van der Waals surface area contributed by atoms with Gasteiger partial charge in [-0.15, -0.1) is 0 Å². The Morgan fingerprint density at radius 1 is 1.29 bits per heavy atom. The number of hydrogen-bond acceptors (Lipinski definition) is 3. The molecule has 2 rings (SSSR count). The first-order valence-electron chi connectivity index (χ1n) is 7.73. The van der Waals surface area contributed by atoms with E-state index in [1.54, 1.807) is 0 Å². The topological polar surface area (TPSA) is 52.3 Å². The number of esters is 1. The maximum absolute atomic E-state index is 12.2. The SMILES string of the molecule is COC(=O)C(N)(CCc1ccccc1)CC1=CCCCC1. The lowest BCUT2D eigenvalue weighted by Gasteiger charge is -2.29. The second kappa shape index (κ2) is 7.41. The lowest BCUT2D eigenvalue weighted by Crippen LogP contribution is -2.49. The van der Waals surface area contributed by atoms with Gasteiger partial charge in [-0.1, -0.05) is 42.0 Å². The molecular formula is C18H25NO2. The minimum absolute atomic E-state index is 0.301. The van der Waals surface area contributed by atoms with Gasteiger partial charge in [-0.25, -0.2) is 0 Å². The first kappa shape index (κ1) is 15.8. The Bertz CT molecular complexity index is 495. The molecule has 0 aromatic heterocycles. The number of carbonyl (C=O) groups excluding carboxylic acids is 1. The van der Waals surface area contributed by atoms with Crippen LogP contribution in [0.1, 0.15) is 44.1 Å². The summed E-state index contributed by atoms with van der Waals surface area (Å²) in [5, 5.41) is 0.